The quantitative estimate of drug-likeness (QED) is 0.768. The van der Waals surface area contributed by atoms with E-state index in [4.69, 9.17) is 4.98 Å². The third kappa shape index (κ3) is 1.45. The minimum Gasteiger partial charge on any atom is -0.339 e. The number of nitrogens with zero attached hydrogens (tertiary/aromatic N) is 3. The molecule has 3 aromatic rings. The lowest BCUT2D eigenvalue weighted by Gasteiger charge is -2.29. The largest absolute Gasteiger partial charge is 0.339 e. The molecule has 0 fully saturated rings. The first-order valence-electron chi connectivity index (χ1n) is 7.21. The number of H-pyrrole nitrogens is 1. The molecule has 4 rings (SSSR count). The Morgan fingerprint density at radius 1 is 1.35 bits per heavy atom. The molecule has 0 aliphatic carbocycles. The zero-order valence-electron chi connectivity index (χ0n) is 11.8. The van der Waals surface area contributed by atoms with Crippen LogP contribution in [-0.4, -0.2) is 20.6 Å². The molecule has 0 bridgehead atoms. The molecule has 1 aliphatic rings. The Morgan fingerprint density at radius 2 is 2.20 bits per heavy atom. The highest BCUT2D eigenvalue weighted by atomic mass is 15.3. The molecule has 2 aromatic heterocycles. The first kappa shape index (κ1) is 11.6. The number of allylic oxidation sites excluding steroid dienone is 1. The molecular formula is C16H18N4. The average Bonchev–Trinajstić information content (AvgIpc) is 3.02. The Hall–Kier alpha value is -2.23. The van der Waals surface area contributed by atoms with Gasteiger partial charge in [-0.15, -0.1) is 0 Å². The van der Waals surface area contributed by atoms with Gasteiger partial charge in [0.1, 0.15) is 11.2 Å². The van der Waals surface area contributed by atoms with Gasteiger partial charge in [-0.25, -0.2) is 4.98 Å². The SMILES string of the molecule is CCC(C)N1C=CCn2c1nc1c3ccccc3[nH]c12. The van der Waals surface area contributed by atoms with E-state index in [0.717, 1.165) is 35.6 Å². The van der Waals surface area contributed by atoms with Crippen molar-refractivity contribution in [1.29, 1.82) is 0 Å². The van der Waals surface area contributed by atoms with Gasteiger partial charge in [0, 0.05) is 29.7 Å². The second-order valence-electron chi connectivity index (χ2n) is 5.44. The van der Waals surface area contributed by atoms with Gasteiger partial charge in [-0.3, -0.25) is 4.57 Å². The maximum Gasteiger partial charge on any atom is 0.212 e. The van der Waals surface area contributed by atoms with Crippen molar-refractivity contribution in [3.63, 3.8) is 0 Å². The first-order chi connectivity index (χ1) is 9.79. The van der Waals surface area contributed by atoms with Gasteiger partial charge in [-0.2, -0.15) is 0 Å². The van der Waals surface area contributed by atoms with E-state index in [9.17, 15) is 0 Å². The number of fused-ring (bicyclic) bond motifs is 5. The van der Waals surface area contributed by atoms with Gasteiger partial charge >= 0.3 is 0 Å². The predicted octanol–water partition coefficient (Wildman–Crippen LogP) is 3.65. The van der Waals surface area contributed by atoms with Crippen molar-refractivity contribution >= 4 is 28.0 Å². The summed E-state index contributed by atoms with van der Waals surface area (Å²) >= 11 is 0. The molecule has 0 radical (unpaired) electrons. The topological polar surface area (TPSA) is 36.9 Å². The Labute approximate surface area is 117 Å². The number of aromatic nitrogens is 3. The van der Waals surface area contributed by atoms with Crippen LogP contribution in [0, 0.1) is 0 Å². The Morgan fingerprint density at radius 3 is 3.05 bits per heavy atom. The van der Waals surface area contributed by atoms with Crippen molar-refractivity contribution < 1.29 is 0 Å². The van der Waals surface area contributed by atoms with Gasteiger partial charge in [0.05, 0.1) is 0 Å². The van der Waals surface area contributed by atoms with Gasteiger partial charge in [0.25, 0.3) is 0 Å². The lowest BCUT2D eigenvalue weighted by atomic mass is 10.2. The van der Waals surface area contributed by atoms with Crippen molar-refractivity contribution in [3.05, 3.63) is 36.5 Å². The zero-order chi connectivity index (χ0) is 13.7. The van der Waals surface area contributed by atoms with E-state index in [-0.39, 0.29) is 0 Å². The lowest BCUT2D eigenvalue weighted by Crippen LogP contribution is -2.31. The average molecular weight is 266 g/mol. The van der Waals surface area contributed by atoms with Gasteiger partial charge in [0.15, 0.2) is 0 Å². The normalized spacial score (nSPS) is 16.0. The van der Waals surface area contributed by atoms with E-state index in [1.54, 1.807) is 0 Å². The molecule has 1 aromatic carbocycles. The fourth-order valence-electron chi connectivity index (χ4n) is 2.93. The zero-order valence-corrected chi connectivity index (χ0v) is 11.8. The monoisotopic (exact) mass is 266 g/mol. The maximum absolute atomic E-state index is 4.90. The molecule has 20 heavy (non-hydrogen) atoms. The Kier molecular flexibility index (Phi) is 2.39. The minimum absolute atomic E-state index is 0.461. The third-order valence-electron chi connectivity index (χ3n) is 4.23. The molecule has 4 heteroatoms. The fraction of sp³-hybridized carbons (Fsp3) is 0.312. The number of para-hydroxylation sites is 1. The lowest BCUT2D eigenvalue weighted by molar-refractivity contribution is 0.636. The summed E-state index contributed by atoms with van der Waals surface area (Å²) in [4.78, 5) is 10.7. The molecule has 0 saturated heterocycles. The Bertz CT molecular complexity index is 808. The number of nitrogens with one attached hydrogen (secondary N) is 1. The van der Waals surface area contributed by atoms with Gasteiger partial charge in [-0.1, -0.05) is 25.1 Å². The van der Waals surface area contributed by atoms with Crippen LogP contribution in [0.5, 0.6) is 0 Å². The molecule has 102 valence electrons. The van der Waals surface area contributed by atoms with Crippen molar-refractivity contribution in [1.82, 2.24) is 14.5 Å². The third-order valence-corrected chi connectivity index (χ3v) is 4.23. The molecule has 3 heterocycles. The van der Waals surface area contributed by atoms with E-state index >= 15 is 0 Å². The molecule has 0 spiro atoms. The number of anilines is 1. The van der Waals surface area contributed by atoms with E-state index in [0.29, 0.717) is 6.04 Å². The molecule has 1 N–H and O–H groups in total. The second kappa shape index (κ2) is 4.13. The number of hydrogen-bond acceptors (Lipinski definition) is 2. The fourth-order valence-corrected chi connectivity index (χ4v) is 2.93. The molecule has 4 nitrogen and oxygen atoms in total. The van der Waals surface area contributed by atoms with Crippen molar-refractivity contribution in [2.75, 3.05) is 4.90 Å². The van der Waals surface area contributed by atoms with Crippen molar-refractivity contribution in [2.45, 2.75) is 32.9 Å². The van der Waals surface area contributed by atoms with Crippen LogP contribution in [0.1, 0.15) is 20.3 Å². The maximum atomic E-state index is 4.90. The predicted molar refractivity (Wildman–Crippen MR) is 83.0 cm³/mol. The minimum atomic E-state index is 0.461. The highest BCUT2D eigenvalue weighted by Gasteiger charge is 2.23. The molecule has 0 amide bonds. The number of hydrogen-bond donors (Lipinski definition) is 1. The first-order valence-corrected chi connectivity index (χ1v) is 7.21. The van der Waals surface area contributed by atoms with Crippen molar-refractivity contribution in [3.8, 4) is 0 Å². The van der Waals surface area contributed by atoms with Gasteiger partial charge < -0.3 is 9.88 Å². The van der Waals surface area contributed by atoms with Gasteiger partial charge in [-0.05, 0) is 25.5 Å². The number of imidazole rings is 1. The summed E-state index contributed by atoms with van der Waals surface area (Å²) in [6.07, 6.45) is 5.47. The molecule has 0 saturated carbocycles. The molecule has 1 aliphatic heterocycles. The summed E-state index contributed by atoms with van der Waals surface area (Å²) < 4.78 is 2.27. The van der Waals surface area contributed by atoms with Crippen LogP contribution < -0.4 is 4.90 Å². The smallest absolute Gasteiger partial charge is 0.212 e. The summed E-state index contributed by atoms with van der Waals surface area (Å²) in [6.45, 7) is 5.33. The highest BCUT2D eigenvalue weighted by molar-refractivity contribution is 6.04. The summed E-state index contributed by atoms with van der Waals surface area (Å²) in [5, 5.41) is 1.20. The van der Waals surface area contributed by atoms with E-state index in [1.807, 2.05) is 0 Å². The summed E-state index contributed by atoms with van der Waals surface area (Å²) in [7, 11) is 0. The summed E-state index contributed by atoms with van der Waals surface area (Å²) in [5.41, 5.74) is 3.36. The number of aromatic amines is 1. The van der Waals surface area contributed by atoms with Crippen LogP contribution in [0.25, 0.3) is 22.1 Å². The van der Waals surface area contributed by atoms with Crippen LogP contribution in [0.15, 0.2) is 36.5 Å². The molecule has 1 atom stereocenters. The number of benzene rings is 1. The van der Waals surface area contributed by atoms with Crippen LogP contribution in [0.2, 0.25) is 0 Å². The van der Waals surface area contributed by atoms with E-state index < -0.39 is 0 Å². The Balaban J connectivity index is 1.98. The van der Waals surface area contributed by atoms with Crippen LogP contribution >= 0.6 is 0 Å². The summed E-state index contributed by atoms with van der Waals surface area (Å²) in [6, 6.07) is 8.82. The highest BCUT2D eigenvalue weighted by Crippen LogP contribution is 2.31. The van der Waals surface area contributed by atoms with Crippen LogP contribution in [0.4, 0.5) is 5.95 Å². The van der Waals surface area contributed by atoms with Gasteiger partial charge in [0.2, 0.25) is 5.95 Å². The second-order valence-corrected chi connectivity index (χ2v) is 5.44. The van der Waals surface area contributed by atoms with E-state index in [1.165, 1.54) is 5.39 Å². The van der Waals surface area contributed by atoms with Crippen LogP contribution in [0.3, 0.4) is 0 Å². The molecular weight excluding hydrogens is 248 g/mol. The van der Waals surface area contributed by atoms with Crippen molar-refractivity contribution in [2.24, 2.45) is 0 Å². The summed E-state index contributed by atoms with van der Waals surface area (Å²) in [5.74, 6) is 1.05. The number of rotatable bonds is 2. The standard InChI is InChI=1S/C16H18N4/c1-3-11(2)19-9-6-10-20-15-14(18-16(19)20)12-7-4-5-8-13(12)17-15/h4-9,11,17H,3,10H2,1-2H3. The van der Waals surface area contributed by atoms with E-state index in [2.05, 4.69) is 64.8 Å². The molecule has 1 unspecified atom stereocenters. The van der Waals surface area contributed by atoms with Crippen LogP contribution in [-0.2, 0) is 6.54 Å².